The summed E-state index contributed by atoms with van der Waals surface area (Å²) in [5.41, 5.74) is 7.50. The number of nitrogens with two attached hydrogens (primary N) is 1. The van der Waals surface area contributed by atoms with Gasteiger partial charge >= 0.3 is 0 Å². The second-order valence-electron chi connectivity index (χ2n) is 4.60. The Kier molecular flexibility index (Phi) is 3.42. The van der Waals surface area contributed by atoms with Crippen LogP contribution in [0.3, 0.4) is 0 Å². The fourth-order valence-corrected chi connectivity index (χ4v) is 1.92. The van der Waals surface area contributed by atoms with Gasteiger partial charge in [0, 0.05) is 37.1 Å². The van der Waals surface area contributed by atoms with E-state index >= 15 is 0 Å². The van der Waals surface area contributed by atoms with E-state index < -0.39 is 0 Å². The van der Waals surface area contributed by atoms with Gasteiger partial charge in [-0.25, -0.2) is 4.98 Å². The van der Waals surface area contributed by atoms with Crippen molar-refractivity contribution >= 4 is 5.82 Å². The highest BCUT2D eigenvalue weighted by Crippen LogP contribution is 2.26. The van der Waals surface area contributed by atoms with Crippen molar-refractivity contribution in [1.29, 1.82) is 5.26 Å². The zero-order valence-corrected chi connectivity index (χ0v) is 11.8. The molecular formula is C15H12N6O. The van der Waals surface area contributed by atoms with Gasteiger partial charge in [0.25, 0.3) is 0 Å². The van der Waals surface area contributed by atoms with Gasteiger partial charge in [0.2, 0.25) is 0 Å². The van der Waals surface area contributed by atoms with Crippen LogP contribution in [0.25, 0.3) is 11.3 Å². The lowest BCUT2D eigenvalue weighted by molar-refractivity contribution is 0.480. The topological polar surface area (TPSA) is 103 Å². The van der Waals surface area contributed by atoms with Gasteiger partial charge in [-0.15, -0.1) is 0 Å². The molecule has 3 aromatic rings. The summed E-state index contributed by atoms with van der Waals surface area (Å²) in [4.78, 5) is 8.22. The maximum Gasteiger partial charge on any atom is 0.147 e. The van der Waals surface area contributed by atoms with Crippen LogP contribution in [0.1, 0.15) is 5.56 Å². The maximum atomic E-state index is 8.96. The quantitative estimate of drug-likeness (QED) is 0.793. The van der Waals surface area contributed by atoms with E-state index in [9.17, 15) is 0 Å². The van der Waals surface area contributed by atoms with Crippen molar-refractivity contribution in [3.8, 4) is 28.8 Å². The Bertz CT molecular complexity index is 864. The molecule has 3 rings (SSSR count). The average molecular weight is 292 g/mol. The first-order valence-electron chi connectivity index (χ1n) is 6.44. The highest BCUT2D eigenvalue weighted by atomic mass is 16.5. The van der Waals surface area contributed by atoms with Gasteiger partial charge in [-0.2, -0.15) is 10.4 Å². The summed E-state index contributed by atoms with van der Waals surface area (Å²) >= 11 is 0. The van der Waals surface area contributed by atoms with Crippen LogP contribution in [0.15, 0.2) is 43.0 Å². The Hall–Kier alpha value is -3.40. The van der Waals surface area contributed by atoms with Crippen molar-refractivity contribution in [2.75, 3.05) is 5.73 Å². The molecule has 3 heterocycles. The molecule has 0 radical (unpaired) electrons. The van der Waals surface area contributed by atoms with Crippen molar-refractivity contribution in [2.45, 2.75) is 0 Å². The van der Waals surface area contributed by atoms with Crippen LogP contribution >= 0.6 is 0 Å². The van der Waals surface area contributed by atoms with E-state index in [0.29, 0.717) is 11.5 Å². The van der Waals surface area contributed by atoms with Crippen molar-refractivity contribution < 1.29 is 4.74 Å². The summed E-state index contributed by atoms with van der Waals surface area (Å²) in [6, 6.07) is 7.03. The predicted octanol–water partition coefficient (Wildman–Crippen LogP) is 2.12. The van der Waals surface area contributed by atoms with Crippen LogP contribution < -0.4 is 10.5 Å². The van der Waals surface area contributed by atoms with Crippen LogP contribution in [-0.2, 0) is 7.05 Å². The summed E-state index contributed by atoms with van der Waals surface area (Å²) in [6.07, 6.45) is 6.71. The van der Waals surface area contributed by atoms with Crippen molar-refractivity contribution in [3.63, 3.8) is 0 Å². The Labute approximate surface area is 126 Å². The molecule has 7 nitrogen and oxygen atoms in total. The first-order chi connectivity index (χ1) is 10.7. The van der Waals surface area contributed by atoms with E-state index in [1.54, 1.807) is 35.3 Å². The van der Waals surface area contributed by atoms with Gasteiger partial charge in [-0.05, 0) is 6.07 Å². The average Bonchev–Trinajstić information content (AvgIpc) is 2.96. The van der Waals surface area contributed by atoms with Gasteiger partial charge in [0.05, 0.1) is 23.7 Å². The van der Waals surface area contributed by atoms with E-state index in [1.165, 1.54) is 6.20 Å². The van der Waals surface area contributed by atoms with Crippen LogP contribution in [0.4, 0.5) is 5.82 Å². The van der Waals surface area contributed by atoms with Gasteiger partial charge in [-0.3, -0.25) is 9.67 Å². The molecule has 0 saturated carbocycles. The second-order valence-corrected chi connectivity index (χ2v) is 4.60. The standard InChI is InChI=1S/C15H12N6O/c1-21-9-11(7-20-21)14-5-12(2-3-18-14)22-13-4-10(6-16)15(17)19-8-13/h2-5,7-9H,1H3,(H2,17,19). The number of aryl methyl sites for hydroxylation is 1. The number of hydrogen-bond acceptors (Lipinski definition) is 6. The van der Waals surface area contributed by atoms with Crippen LogP contribution in [0.2, 0.25) is 0 Å². The molecule has 0 amide bonds. The van der Waals surface area contributed by atoms with Gasteiger partial charge in [-0.1, -0.05) is 0 Å². The number of nitrogens with zero attached hydrogens (tertiary/aromatic N) is 5. The number of rotatable bonds is 3. The summed E-state index contributed by atoms with van der Waals surface area (Å²) in [5.74, 6) is 1.21. The number of aromatic nitrogens is 4. The molecule has 0 bridgehead atoms. The van der Waals surface area contributed by atoms with Crippen LogP contribution in [0.5, 0.6) is 11.5 Å². The number of hydrogen-bond donors (Lipinski definition) is 1. The van der Waals surface area contributed by atoms with Crippen molar-refractivity contribution in [1.82, 2.24) is 19.7 Å². The smallest absolute Gasteiger partial charge is 0.147 e. The van der Waals surface area contributed by atoms with Crippen LogP contribution in [0, 0.1) is 11.3 Å². The number of pyridine rings is 2. The summed E-state index contributed by atoms with van der Waals surface area (Å²) in [7, 11) is 1.84. The fourth-order valence-electron chi connectivity index (χ4n) is 1.92. The molecule has 3 aromatic heterocycles. The molecule has 0 spiro atoms. The molecule has 108 valence electrons. The third-order valence-electron chi connectivity index (χ3n) is 2.98. The van der Waals surface area contributed by atoms with E-state index in [0.717, 1.165) is 11.3 Å². The third-order valence-corrected chi connectivity index (χ3v) is 2.98. The predicted molar refractivity (Wildman–Crippen MR) is 79.9 cm³/mol. The maximum absolute atomic E-state index is 8.96. The first-order valence-corrected chi connectivity index (χ1v) is 6.44. The second kappa shape index (κ2) is 5.54. The molecule has 0 unspecified atom stereocenters. The number of nitrogen functional groups attached to an aromatic ring is 1. The SMILES string of the molecule is Cn1cc(-c2cc(Oc3cnc(N)c(C#N)c3)ccn2)cn1. The molecule has 0 saturated heterocycles. The molecule has 0 aromatic carbocycles. The Morgan fingerprint density at radius 2 is 2.09 bits per heavy atom. The minimum Gasteiger partial charge on any atom is -0.456 e. The highest BCUT2D eigenvalue weighted by molar-refractivity contribution is 5.59. The summed E-state index contributed by atoms with van der Waals surface area (Å²) in [5, 5.41) is 13.1. The zero-order valence-electron chi connectivity index (χ0n) is 11.8. The van der Waals surface area contributed by atoms with Crippen molar-refractivity contribution in [3.05, 3.63) is 48.5 Å². The molecule has 0 aliphatic heterocycles. The summed E-state index contributed by atoms with van der Waals surface area (Å²) < 4.78 is 7.41. The van der Waals surface area contributed by atoms with E-state index in [4.69, 9.17) is 15.7 Å². The molecule has 0 aliphatic rings. The first kappa shape index (κ1) is 13.6. The monoisotopic (exact) mass is 292 g/mol. The molecular weight excluding hydrogens is 280 g/mol. The zero-order chi connectivity index (χ0) is 15.5. The Balaban J connectivity index is 1.89. The Morgan fingerprint density at radius 1 is 1.23 bits per heavy atom. The lowest BCUT2D eigenvalue weighted by Gasteiger charge is -2.07. The van der Waals surface area contributed by atoms with E-state index in [-0.39, 0.29) is 11.4 Å². The summed E-state index contributed by atoms with van der Waals surface area (Å²) in [6.45, 7) is 0. The minimum atomic E-state index is 0.181. The van der Waals surface area contributed by atoms with E-state index in [1.807, 2.05) is 19.3 Å². The van der Waals surface area contributed by atoms with Gasteiger partial charge in [0.1, 0.15) is 23.4 Å². The van der Waals surface area contributed by atoms with E-state index in [2.05, 4.69) is 15.1 Å². The largest absolute Gasteiger partial charge is 0.456 e. The number of nitriles is 1. The Morgan fingerprint density at radius 3 is 2.82 bits per heavy atom. The minimum absolute atomic E-state index is 0.181. The van der Waals surface area contributed by atoms with Crippen LogP contribution in [-0.4, -0.2) is 19.7 Å². The molecule has 0 aliphatic carbocycles. The molecule has 0 atom stereocenters. The van der Waals surface area contributed by atoms with Gasteiger partial charge < -0.3 is 10.5 Å². The molecule has 22 heavy (non-hydrogen) atoms. The molecule has 7 heteroatoms. The molecule has 0 fully saturated rings. The highest BCUT2D eigenvalue weighted by Gasteiger charge is 2.07. The lowest BCUT2D eigenvalue weighted by atomic mass is 10.2. The fraction of sp³-hybridized carbons (Fsp3) is 0.0667. The lowest BCUT2D eigenvalue weighted by Crippen LogP contribution is -1.95. The van der Waals surface area contributed by atoms with Crippen molar-refractivity contribution in [2.24, 2.45) is 7.05 Å². The number of anilines is 1. The van der Waals surface area contributed by atoms with Gasteiger partial charge in [0.15, 0.2) is 0 Å². The third kappa shape index (κ3) is 2.71. The number of ether oxygens (including phenoxy) is 1. The molecule has 2 N–H and O–H groups in total. The normalized spacial score (nSPS) is 10.2.